The lowest BCUT2D eigenvalue weighted by Crippen LogP contribution is -2.10. The van der Waals surface area contributed by atoms with Gasteiger partial charge in [0.15, 0.2) is 0 Å². The first-order valence-corrected chi connectivity index (χ1v) is 5.21. The first-order chi connectivity index (χ1) is 8.06. The third-order valence-electron chi connectivity index (χ3n) is 2.50. The largest absolute Gasteiger partial charge is 0.481 e. The Morgan fingerprint density at radius 3 is 2.47 bits per heavy atom. The quantitative estimate of drug-likeness (QED) is 0.741. The van der Waals surface area contributed by atoms with Crippen LogP contribution in [0.5, 0.6) is 0 Å². The molecule has 0 aliphatic carbocycles. The molecule has 0 fully saturated rings. The monoisotopic (exact) mass is 234 g/mol. The van der Waals surface area contributed by atoms with Crippen LogP contribution in [0.3, 0.4) is 0 Å². The number of carboxylic acid groups (broad SMARTS) is 2. The summed E-state index contributed by atoms with van der Waals surface area (Å²) in [4.78, 5) is 21.8. The zero-order chi connectivity index (χ0) is 12.8. The highest BCUT2D eigenvalue weighted by Crippen LogP contribution is 2.27. The lowest BCUT2D eigenvalue weighted by molar-refractivity contribution is -0.137. The van der Waals surface area contributed by atoms with Crippen LogP contribution >= 0.6 is 0 Å². The lowest BCUT2D eigenvalue weighted by Gasteiger charge is -2.15. The van der Waals surface area contributed by atoms with Crippen LogP contribution in [0.1, 0.15) is 34.7 Å². The van der Waals surface area contributed by atoms with Crippen LogP contribution in [0, 0.1) is 0 Å². The van der Waals surface area contributed by atoms with Crippen LogP contribution in [-0.4, -0.2) is 22.2 Å². The zero-order valence-electron chi connectivity index (χ0n) is 9.30. The van der Waals surface area contributed by atoms with Crippen LogP contribution in [0.25, 0.3) is 0 Å². The van der Waals surface area contributed by atoms with Gasteiger partial charge >= 0.3 is 11.9 Å². The van der Waals surface area contributed by atoms with Crippen molar-refractivity contribution in [3.63, 3.8) is 0 Å². The van der Waals surface area contributed by atoms with Gasteiger partial charge in [0.05, 0.1) is 12.0 Å². The average Bonchev–Trinajstić information content (AvgIpc) is 2.28. The van der Waals surface area contributed by atoms with E-state index in [-0.39, 0.29) is 17.9 Å². The standard InChI is InChI=1S/C13H14O4/c1-2-5-9(8-12(14)15)10-6-3-4-7-11(10)13(16)17/h2-4,6-7,9H,1,5,8H2,(H,14,15)(H,16,17). The molecular weight excluding hydrogens is 220 g/mol. The highest BCUT2D eigenvalue weighted by molar-refractivity contribution is 5.89. The zero-order valence-corrected chi connectivity index (χ0v) is 9.30. The summed E-state index contributed by atoms with van der Waals surface area (Å²) in [6.07, 6.45) is 1.94. The first-order valence-electron chi connectivity index (χ1n) is 5.21. The second kappa shape index (κ2) is 5.84. The summed E-state index contributed by atoms with van der Waals surface area (Å²) in [6, 6.07) is 6.47. The second-order valence-corrected chi connectivity index (χ2v) is 3.71. The van der Waals surface area contributed by atoms with Crippen molar-refractivity contribution in [2.24, 2.45) is 0 Å². The first kappa shape index (κ1) is 13.0. The molecule has 0 spiro atoms. The van der Waals surface area contributed by atoms with Crippen LogP contribution in [-0.2, 0) is 4.79 Å². The molecule has 1 aromatic rings. The number of benzene rings is 1. The number of carboxylic acids is 2. The maximum Gasteiger partial charge on any atom is 0.335 e. The molecule has 1 atom stereocenters. The minimum Gasteiger partial charge on any atom is -0.481 e. The Labute approximate surface area is 99.2 Å². The normalized spacial score (nSPS) is 11.8. The van der Waals surface area contributed by atoms with Crippen molar-refractivity contribution in [2.75, 3.05) is 0 Å². The molecule has 0 heterocycles. The average molecular weight is 234 g/mol. The van der Waals surface area contributed by atoms with E-state index in [9.17, 15) is 9.59 Å². The summed E-state index contributed by atoms with van der Waals surface area (Å²) in [5.41, 5.74) is 0.697. The van der Waals surface area contributed by atoms with Crippen LogP contribution in [0.15, 0.2) is 36.9 Å². The summed E-state index contributed by atoms with van der Waals surface area (Å²) in [5.74, 6) is -2.34. The number of hydrogen-bond donors (Lipinski definition) is 2. The van der Waals surface area contributed by atoms with E-state index in [1.807, 2.05) is 0 Å². The van der Waals surface area contributed by atoms with E-state index in [1.165, 1.54) is 6.07 Å². The molecule has 0 radical (unpaired) electrons. The van der Waals surface area contributed by atoms with Gasteiger partial charge in [-0.15, -0.1) is 6.58 Å². The molecule has 1 unspecified atom stereocenters. The molecule has 0 saturated carbocycles. The van der Waals surface area contributed by atoms with Crippen molar-refractivity contribution in [3.8, 4) is 0 Å². The lowest BCUT2D eigenvalue weighted by atomic mass is 9.89. The fraction of sp³-hybridized carbons (Fsp3) is 0.231. The van der Waals surface area contributed by atoms with Crippen molar-refractivity contribution in [1.82, 2.24) is 0 Å². The molecular formula is C13H14O4. The predicted molar refractivity (Wildman–Crippen MR) is 63.2 cm³/mol. The predicted octanol–water partition coefficient (Wildman–Crippen LogP) is 2.52. The third kappa shape index (κ3) is 3.45. The third-order valence-corrected chi connectivity index (χ3v) is 2.50. The van der Waals surface area contributed by atoms with Gasteiger partial charge in [-0.2, -0.15) is 0 Å². The Balaban J connectivity index is 3.12. The van der Waals surface area contributed by atoms with Crippen molar-refractivity contribution in [2.45, 2.75) is 18.8 Å². The van der Waals surface area contributed by atoms with Gasteiger partial charge in [0.2, 0.25) is 0 Å². The molecule has 1 aromatic carbocycles. The summed E-state index contributed by atoms with van der Waals surface area (Å²) < 4.78 is 0. The molecule has 0 saturated heterocycles. The molecule has 0 bridgehead atoms. The van der Waals surface area contributed by atoms with Crippen molar-refractivity contribution in [1.29, 1.82) is 0 Å². The molecule has 0 amide bonds. The molecule has 17 heavy (non-hydrogen) atoms. The van der Waals surface area contributed by atoms with E-state index in [2.05, 4.69) is 6.58 Å². The van der Waals surface area contributed by atoms with Gasteiger partial charge in [0, 0.05) is 0 Å². The fourth-order valence-corrected chi connectivity index (χ4v) is 1.78. The summed E-state index contributed by atoms with van der Waals surface area (Å²) in [6.45, 7) is 3.57. The maximum absolute atomic E-state index is 11.0. The number of carbonyl (C=O) groups is 2. The van der Waals surface area contributed by atoms with Crippen molar-refractivity contribution < 1.29 is 19.8 Å². The molecule has 4 heteroatoms. The van der Waals surface area contributed by atoms with Crippen LogP contribution in [0.2, 0.25) is 0 Å². The number of allylic oxidation sites excluding steroid dienone is 1. The van der Waals surface area contributed by atoms with Crippen molar-refractivity contribution >= 4 is 11.9 Å². The Kier molecular flexibility index (Phi) is 4.46. The van der Waals surface area contributed by atoms with E-state index in [4.69, 9.17) is 10.2 Å². The molecule has 0 aliphatic heterocycles. The Bertz CT molecular complexity index is 437. The summed E-state index contributed by atoms with van der Waals surface area (Å²) in [5, 5.41) is 17.9. The van der Waals surface area contributed by atoms with E-state index >= 15 is 0 Å². The molecule has 0 aliphatic rings. The van der Waals surface area contributed by atoms with Gasteiger partial charge in [-0.05, 0) is 24.0 Å². The van der Waals surface area contributed by atoms with E-state index in [0.29, 0.717) is 12.0 Å². The number of hydrogen-bond acceptors (Lipinski definition) is 2. The topological polar surface area (TPSA) is 74.6 Å². The highest BCUT2D eigenvalue weighted by atomic mass is 16.4. The maximum atomic E-state index is 11.0. The van der Waals surface area contributed by atoms with Crippen LogP contribution in [0.4, 0.5) is 0 Å². The van der Waals surface area contributed by atoms with E-state index < -0.39 is 11.9 Å². The van der Waals surface area contributed by atoms with Gasteiger partial charge in [-0.3, -0.25) is 4.79 Å². The molecule has 1 rings (SSSR count). The van der Waals surface area contributed by atoms with Gasteiger partial charge < -0.3 is 10.2 Å². The molecule has 0 aromatic heterocycles. The minimum atomic E-state index is -1.04. The van der Waals surface area contributed by atoms with Crippen molar-refractivity contribution in [3.05, 3.63) is 48.0 Å². The Morgan fingerprint density at radius 2 is 1.94 bits per heavy atom. The fourth-order valence-electron chi connectivity index (χ4n) is 1.78. The molecule has 2 N–H and O–H groups in total. The minimum absolute atomic E-state index is 0.101. The number of rotatable bonds is 6. The second-order valence-electron chi connectivity index (χ2n) is 3.71. The Hall–Kier alpha value is -2.10. The van der Waals surface area contributed by atoms with E-state index in [0.717, 1.165) is 0 Å². The Morgan fingerprint density at radius 1 is 1.29 bits per heavy atom. The SMILES string of the molecule is C=CCC(CC(=O)O)c1ccccc1C(=O)O. The van der Waals surface area contributed by atoms with E-state index in [1.54, 1.807) is 24.3 Å². The smallest absolute Gasteiger partial charge is 0.335 e. The number of aromatic carboxylic acids is 1. The van der Waals surface area contributed by atoms with Gasteiger partial charge in [0.1, 0.15) is 0 Å². The van der Waals surface area contributed by atoms with Gasteiger partial charge in [0.25, 0.3) is 0 Å². The molecule has 90 valence electrons. The summed E-state index contributed by atoms with van der Waals surface area (Å²) in [7, 11) is 0. The highest BCUT2D eigenvalue weighted by Gasteiger charge is 2.19. The van der Waals surface area contributed by atoms with Gasteiger partial charge in [-0.1, -0.05) is 24.3 Å². The number of aliphatic carboxylic acids is 1. The molecule has 4 nitrogen and oxygen atoms in total. The summed E-state index contributed by atoms with van der Waals surface area (Å²) >= 11 is 0. The van der Waals surface area contributed by atoms with Gasteiger partial charge in [-0.25, -0.2) is 4.79 Å². The van der Waals surface area contributed by atoms with Crippen LogP contribution < -0.4 is 0 Å².